The molecule has 1 aliphatic rings. The summed E-state index contributed by atoms with van der Waals surface area (Å²) in [4.78, 5) is 20.2. The van der Waals surface area contributed by atoms with Crippen molar-refractivity contribution in [1.82, 2.24) is 9.88 Å². The molecule has 0 aromatic carbocycles. The number of carbonyl (C=O) groups is 1. The largest absolute Gasteiger partial charge is 0.465 e. The maximum Gasteiger partial charge on any atom is 0.350 e. The number of nitrogen functional groups attached to an aromatic ring is 1. The van der Waals surface area contributed by atoms with E-state index in [2.05, 4.69) is 11.9 Å². The Morgan fingerprint density at radius 3 is 3.04 bits per heavy atom. The van der Waals surface area contributed by atoms with Gasteiger partial charge < -0.3 is 19.8 Å². The first-order valence-electron chi connectivity index (χ1n) is 7.64. The number of rotatable bonds is 2. The van der Waals surface area contributed by atoms with Crippen LogP contribution in [-0.4, -0.2) is 36.6 Å². The molecular formula is C17H17N3O3S. The molecule has 0 atom stereocenters. The van der Waals surface area contributed by atoms with E-state index in [0.29, 0.717) is 10.6 Å². The lowest BCUT2D eigenvalue weighted by atomic mass is 9.95. The topological polar surface area (TPSA) is 81.6 Å². The number of hydrogen-bond acceptors (Lipinski definition) is 7. The average Bonchev–Trinajstić information content (AvgIpc) is 3.21. The fourth-order valence-electron chi connectivity index (χ4n) is 3.20. The maximum absolute atomic E-state index is 12.0. The number of esters is 1. The van der Waals surface area contributed by atoms with Gasteiger partial charge in [-0.2, -0.15) is 0 Å². The lowest BCUT2D eigenvalue weighted by molar-refractivity contribution is 0.0607. The van der Waals surface area contributed by atoms with Crippen LogP contribution in [0.5, 0.6) is 0 Å². The Morgan fingerprint density at radius 1 is 1.50 bits per heavy atom. The number of thiophene rings is 1. The molecule has 2 N–H and O–H groups in total. The van der Waals surface area contributed by atoms with Crippen LogP contribution in [0.25, 0.3) is 21.5 Å². The Bertz CT molecular complexity index is 931. The van der Waals surface area contributed by atoms with Gasteiger partial charge in [0, 0.05) is 36.2 Å². The molecule has 24 heavy (non-hydrogen) atoms. The summed E-state index contributed by atoms with van der Waals surface area (Å²) >= 11 is 1.28. The predicted molar refractivity (Wildman–Crippen MR) is 93.1 cm³/mol. The molecule has 1 aliphatic heterocycles. The smallest absolute Gasteiger partial charge is 0.350 e. The van der Waals surface area contributed by atoms with Gasteiger partial charge in [0.25, 0.3) is 0 Å². The third kappa shape index (κ3) is 2.20. The van der Waals surface area contributed by atoms with E-state index in [1.807, 2.05) is 12.1 Å². The Labute approximate surface area is 142 Å². The van der Waals surface area contributed by atoms with Crippen LogP contribution in [0.3, 0.4) is 0 Å². The number of pyridine rings is 1. The first-order chi connectivity index (χ1) is 11.6. The SMILES string of the molecule is COC(=O)c1sc2nc3c(c(-c4ccco4)c2c1N)CN(C)CC3. The summed E-state index contributed by atoms with van der Waals surface area (Å²) in [6.07, 6.45) is 2.51. The predicted octanol–water partition coefficient (Wildman–Crippen LogP) is 2.91. The van der Waals surface area contributed by atoms with Gasteiger partial charge in [-0.3, -0.25) is 0 Å². The van der Waals surface area contributed by atoms with Crippen LogP contribution in [0, 0.1) is 0 Å². The van der Waals surface area contributed by atoms with Gasteiger partial charge in [-0.25, -0.2) is 9.78 Å². The van der Waals surface area contributed by atoms with E-state index in [4.69, 9.17) is 19.9 Å². The average molecular weight is 343 g/mol. The van der Waals surface area contributed by atoms with E-state index in [-0.39, 0.29) is 0 Å². The number of likely N-dealkylation sites (N-methyl/N-ethyl adjacent to an activating group) is 1. The van der Waals surface area contributed by atoms with Crippen LogP contribution >= 0.6 is 11.3 Å². The molecule has 3 aromatic heterocycles. The molecule has 4 rings (SSSR count). The molecule has 6 nitrogen and oxygen atoms in total. The molecule has 3 aromatic rings. The number of ether oxygens (including phenoxy) is 1. The number of aromatic nitrogens is 1. The second-order valence-corrected chi connectivity index (χ2v) is 6.89. The molecule has 0 aliphatic carbocycles. The highest BCUT2D eigenvalue weighted by atomic mass is 32.1. The molecule has 0 bridgehead atoms. The molecule has 0 saturated heterocycles. The molecule has 0 amide bonds. The fraction of sp³-hybridized carbons (Fsp3) is 0.294. The van der Waals surface area contributed by atoms with Crippen molar-refractivity contribution in [2.45, 2.75) is 13.0 Å². The zero-order chi connectivity index (χ0) is 16.8. The summed E-state index contributed by atoms with van der Waals surface area (Å²) in [6.45, 7) is 1.73. The first kappa shape index (κ1) is 15.2. The highest BCUT2D eigenvalue weighted by molar-refractivity contribution is 7.21. The summed E-state index contributed by atoms with van der Waals surface area (Å²) in [7, 11) is 3.43. The minimum atomic E-state index is -0.434. The number of anilines is 1. The number of nitrogens with two attached hydrogens (primary N) is 1. The standard InChI is InChI=1S/C17H17N3O3S/c1-20-6-5-10-9(8-20)12(11-4-3-7-23-11)13-14(18)15(17(21)22-2)24-16(13)19-10/h3-4,7H,5-6,8,18H2,1-2H3. The molecule has 7 heteroatoms. The second-order valence-electron chi connectivity index (χ2n) is 5.89. The van der Waals surface area contributed by atoms with Crippen LogP contribution in [0.15, 0.2) is 22.8 Å². The van der Waals surface area contributed by atoms with E-state index < -0.39 is 5.97 Å². The number of hydrogen-bond donors (Lipinski definition) is 1. The van der Waals surface area contributed by atoms with Gasteiger partial charge >= 0.3 is 5.97 Å². The summed E-state index contributed by atoms with van der Waals surface area (Å²) in [5.41, 5.74) is 9.82. The zero-order valence-electron chi connectivity index (χ0n) is 13.5. The van der Waals surface area contributed by atoms with Crippen molar-refractivity contribution in [1.29, 1.82) is 0 Å². The van der Waals surface area contributed by atoms with Crippen molar-refractivity contribution in [2.75, 3.05) is 26.4 Å². The maximum atomic E-state index is 12.0. The van der Waals surface area contributed by atoms with E-state index in [1.165, 1.54) is 18.4 Å². The van der Waals surface area contributed by atoms with Crippen molar-refractivity contribution < 1.29 is 13.9 Å². The summed E-state index contributed by atoms with van der Waals surface area (Å²) in [5, 5.41) is 0.782. The van der Waals surface area contributed by atoms with Gasteiger partial charge in [-0.1, -0.05) is 0 Å². The van der Waals surface area contributed by atoms with Gasteiger partial charge in [-0.05, 0) is 24.7 Å². The molecular weight excluding hydrogens is 326 g/mol. The van der Waals surface area contributed by atoms with Gasteiger partial charge in [0.15, 0.2) is 0 Å². The van der Waals surface area contributed by atoms with Crippen molar-refractivity contribution in [2.24, 2.45) is 0 Å². The number of furan rings is 1. The van der Waals surface area contributed by atoms with E-state index in [0.717, 1.165) is 52.3 Å². The fourth-order valence-corrected chi connectivity index (χ4v) is 4.24. The Hall–Kier alpha value is -2.38. The minimum Gasteiger partial charge on any atom is -0.465 e. The van der Waals surface area contributed by atoms with Crippen molar-refractivity contribution in [3.63, 3.8) is 0 Å². The lowest BCUT2D eigenvalue weighted by Crippen LogP contribution is -2.27. The van der Waals surface area contributed by atoms with Crippen molar-refractivity contribution in [3.8, 4) is 11.3 Å². The number of nitrogens with zero attached hydrogens (tertiary/aromatic N) is 2. The molecule has 0 fully saturated rings. The third-order valence-corrected chi connectivity index (χ3v) is 5.44. The molecule has 4 heterocycles. The minimum absolute atomic E-state index is 0.392. The molecule has 124 valence electrons. The van der Waals surface area contributed by atoms with Gasteiger partial charge in [0.1, 0.15) is 15.5 Å². The highest BCUT2D eigenvalue weighted by Gasteiger charge is 2.28. The van der Waals surface area contributed by atoms with Crippen LogP contribution in [0.2, 0.25) is 0 Å². The Kier molecular flexibility index (Phi) is 3.54. The van der Waals surface area contributed by atoms with Gasteiger partial charge in [0.05, 0.1) is 19.1 Å². The zero-order valence-corrected chi connectivity index (χ0v) is 14.3. The molecule has 0 unspecified atom stereocenters. The number of carbonyl (C=O) groups excluding carboxylic acids is 1. The van der Waals surface area contributed by atoms with Crippen LogP contribution in [0.1, 0.15) is 20.9 Å². The summed E-state index contributed by atoms with van der Waals surface area (Å²) in [5.74, 6) is 0.311. The lowest BCUT2D eigenvalue weighted by Gasteiger charge is -2.26. The summed E-state index contributed by atoms with van der Waals surface area (Å²) < 4.78 is 10.5. The van der Waals surface area contributed by atoms with Crippen LogP contribution < -0.4 is 5.73 Å². The van der Waals surface area contributed by atoms with Crippen LogP contribution in [0.4, 0.5) is 5.69 Å². The van der Waals surface area contributed by atoms with Crippen LogP contribution in [-0.2, 0) is 17.7 Å². The van der Waals surface area contributed by atoms with E-state index in [1.54, 1.807) is 6.26 Å². The molecule has 0 saturated carbocycles. The third-order valence-electron chi connectivity index (χ3n) is 4.36. The molecule has 0 radical (unpaired) electrons. The Balaban J connectivity index is 2.08. The number of fused-ring (bicyclic) bond motifs is 2. The monoisotopic (exact) mass is 343 g/mol. The van der Waals surface area contributed by atoms with Crippen molar-refractivity contribution in [3.05, 3.63) is 34.5 Å². The van der Waals surface area contributed by atoms with E-state index >= 15 is 0 Å². The van der Waals surface area contributed by atoms with E-state index in [9.17, 15) is 4.79 Å². The second kappa shape index (κ2) is 5.61. The quantitative estimate of drug-likeness (QED) is 0.721. The Morgan fingerprint density at radius 2 is 2.33 bits per heavy atom. The normalized spacial score (nSPS) is 14.8. The number of methoxy groups -OCH3 is 1. The van der Waals surface area contributed by atoms with Gasteiger partial charge in [-0.15, -0.1) is 11.3 Å². The highest BCUT2D eigenvalue weighted by Crippen LogP contribution is 2.43. The van der Waals surface area contributed by atoms with Gasteiger partial charge in [0.2, 0.25) is 0 Å². The van der Waals surface area contributed by atoms with Crippen molar-refractivity contribution >= 4 is 33.2 Å². The molecule has 0 spiro atoms. The summed E-state index contributed by atoms with van der Waals surface area (Å²) in [6, 6.07) is 3.77. The first-order valence-corrected chi connectivity index (χ1v) is 8.46.